The molecule has 8 heteroatoms. The Morgan fingerprint density at radius 3 is 2.24 bits per heavy atom. The molecular weight excluding hydrogens is 390 g/mol. The molecule has 0 aliphatic carbocycles. The molecule has 3 rings (SSSR count). The number of ether oxygens (including phenoxy) is 1. The Morgan fingerprint density at radius 2 is 1.69 bits per heavy atom. The van der Waals surface area contributed by atoms with E-state index < -0.39 is 10.0 Å². The summed E-state index contributed by atoms with van der Waals surface area (Å²) in [6.07, 6.45) is 0. The van der Waals surface area contributed by atoms with Gasteiger partial charge in [0.2, 0.25) is 0 Å². The van der Waals surface area contributed by atoms with Gasteiger partial charge in [0.05, 0.1) is 17.6 Å². The van der Waals surface area contributed by atoms with Crippen molar-refractivity contribution in [3.05, 3.63) is 53.9 Å². The smallest absolute Gasteiger partial charge is 0.261 e. The summed E-state index contributed by atoms with van der Waals surface area (Å²) in [4.78, 5) is 4.42. The van der Waals surface area contributed by atoms with E-state index >= 15 is 0 Å². The SMILES string of the molecule is COc1ccc(S(=O)(=O)Nc2ccc(C(C)C)cc2)cc1-c1nc(C(C)C)no1. The number of sulfonamides is 1. The third-order valence-electron chi connectivity index (χ3n) is 4.50. The molecule has 0 atom stereocenters. The highest BCUT2D eigenvalue weighted by Gasteiger charge is 2.21. The van der Waals surface area contributed by atoms with Gasteiger partial charge in [0.1, 0.15) is 5.75 Å². The van der Waals surface area contributed by atoms with E-state index in [0.717, 1.165) is 5.56 Å². The van der Waals surface area contributed by atoms with Gasteiger partial charge in [-0.05, 0) is 41.8 Å². The van der Waals surface area contributed by atoms with E-state index in [0.29, 0.717) is 28.7 Å². The second-order valence-corrected chi connectivity index (χ2v) is 9.04. The zero-order valence-electron chi connectivity index (χ0n) is 17.1. The van der Waals surface area contributed by atoms with Gasteiger partial charge in [0.15, 0.2) is 5.82 Å². The lowest BCUT2D eigenvalue weighted by Gasteiger charge is -2.12. The van der Waals surface area contributed by atoms with Crippen LogP contribution in [0.15, 0.2) is 51.9 Å². The molecule has 0 saturated heterocycles. The Bertz CT molecular complexity index is 1090. The molecule has 154 valence electrons. The fraction of sp³-hybridized carbons (Fsp3) is 0.333. The first-order valence-corrected chi connectivity index (χ1v) is 10.8. The zero-order chi connectivity index (χ0) is 21.2. The summed E-state index contributed by atoms with van der Waals surface area (Å²) in [6, 6.07) is 11.9. The topological polar surface area (TPSA) is 94.3 Å². The zero-order valence-corrected chi connectivity index (χ0v) is 17.9. The number of anilines is 1. The summed E-state index contributed by atoms with van der Waals surface area (Å²) < 4.78 is 39.1. The van der Waals surface area contributed by atoms with Crippen LogP contribution < -0.4 is 9.46 Å². The Balaban J connectivity index is 1.94. The van der Waals surface area contributed by atoms with Crippen molar-refractivity contribution in [2.45, 2.75) is 44.4 Å². The van der Waals surface area contributed by atoms with Crippen LogP contribution in [0, 0.1) is 0 Å². The number of methoxy groups -OCH3 is 1. The maximum Gasteiger partial charge on any atom is 0.261 e. The normalized spacial score (nSPS) is 11.8. The lowest BCUT2D eigenvalue weighted by molar-refractivity contribution is 0.401. The first-order chi connectivity index (χ1) is 13.7. The first kappa shape index (κ1) is 20.9. The highest BCUT2D eigenvalue weighted by atomic mass is 32.2. The number of benzene rings is 2. The fourth-order valence-electron chi connectivity index (χ4n) is 2.75. The van der Waals surface area contributed by atoms with Crippen LogP contribution in [-0.4, -0.2) is 25.7 Å². The molecule has 0 radical (unpaired) electrons. The van der Waals surface area contributed by atoms with Crippen molar-refractivity contribution in [3.63, 3.8) is 0 Å². The predicted octanol–water partition coefficient (Wildman–Crippen LogP) is 4.79. The number of rotatable bonds is 7. The lowest BCUT2D eigenvalue weighted by Crippen LogP contribution is -2.13. The lowest BCUT2D eigenvalue weighted by atomic mass is 10.0. The van der Waals surface area contributed by atoms with Gasteiger partial charge < -0.3 is 9.26 Å². The molecule has 0 amide bonds. The van der Waals surface area contributed by atoms with Gasteiger partial charge in [-0.3, -0.25) is 4.72 Å². The molecule has 1 heterocycles. The van der Waals surface area contributed by atoms with Crippen LogP contribution in [0.25, 0.3) is 11.5 Å². The van der Waals surface area contributed by atoms with Crippen LogP contribution in [0.5, 0.6) is 5.75 Å². The van der Waals surface area contributed by atoms with Gasteiger partial charge in [0.25, 0.3) is 15.9 Å². The quantitative estimate of drug-likeness (QED) is 0.596. The van der Waals surface area contributed by atoms with E-state index in [9.17, 15) is 8.42 Å². The summed E-state index contributed by atoms with van der Waals surface area (Å²) in [5.41, 5.74) is 2.05. The molecule has 29 heavy (non-hydrogen) atoms. The van der Waals surface area contributed by atoms with Gasteiger partial charge in [-0.25, -0.2) is 8.42 Å². The van der Waals surface area contributed by atoms with Crippen molar-refractivity contribution in [3.8, 4) is 17.2 Å². The number of nitrogens with one attached hydrogen (secondary N) is 1. The molecule has 0 aliphatic rings. The Morgan fingerprint density at radius 1 is 1.00 bits per heavy atom. The van der Waals surface area contributed by atoms with Gasteiger partial charge in [0, 0.05) is 11.6 Å². The Kier molecular flexibility index (Phi) is 5.93. The van der Waals surface area contributed by atoms with Crippen LogP contribution >= 0.6 is 0 Å². The third kappa shape index (κ3) is 4.59. The molecule has 2 aromatic carbocycles. The van der Waals surface area contributed by atoms with E-state index in [1.807, 2.05) is 26.0 Å². The monoisotopic (exact) mass is 415 g/mol. The summed E-state index contributed by atoms with van der Waals surface area (Å²) in [7, 11) is -2.31. The largest absolute Gasteiger partial charge is 0.496 e. The maximum atomic E-state index is 12.9. The van der Waals surface area contributed by atoms with Crippen LogP contribution in [0.3, 0.4) is 0 Å². The molecule has 1 N–H and O–H groups in total. The molecule has 0 aliphatic heterocycles. The minimum Gasteiger partial charge on any atom is -0.496 e. The third-order valence-corrected chi connectivity index (χ3v) is 5.88. The van der Waals surface area contributed by atoms with Crippen molar-refractivity contribution in [2.75, 3.05) is 11.8 Å². The fourth-order valence-corrected chi connectivity index (χ4v) is 3.83. The Hall–Kier alpha value is -2.87. The van der Waals surface area contributed by atoms with Gasteiger partial charge in [-0.1, -0.05) is 45.0 Å². The molecular formula is C21H25N3O4S. The minimum atomic E-state index is -3.81. The number of nitrogens with zero attached hydrogens (tertiary/aromatic N) is 2. The average molecular weight is 416 g/mol. The second kappa shape index (κ2) is 8.24. The molecule has 0 saturated carbocycles. The molecule has 0 spiro atoms. The van der Waals surface area contributed by atoms with Crippen molar-refractivity contribution >= 4 is 15.7 Å². The molecule has 0 bridgehead atoms. The minimum absolute atomic E-state index is 0.0746. The number of hydrogen-bond acceptors (Lipinski definition) is 6. The standard InChI is InChI=1S/C21H25N3O4S/c1-13(2)15-6-8-16(9-7-15)24-29(25,26)17-10-11-19(27-5)18(12-17)21-22-20(14(3)4)23-28-21/h6-14,24H,1-5H3. The van der Waals surface area contributed by atoms with E-state index in [-0.39, 0.29) is 16.7 Å². The highest BCUT2D eigenvalue weighted by Crippen LogP contribution is 2.32. The maximum absolute atomic E-state index is 12.9. The van der Waals surface area contributed by atoms with E-state index in [4.69, 9.17) is 9.26 Å². The number of aromatic nitrogens is 2. The predicted molar refractivity (Wildman–Crippen MR) is 112 cm³/mol. The van der Waals surface area contributed by atoms with E-state index in [1.54, 1.807) is 18.2 Å². The summed E-state index contributed by atoms with van der Waals surface area (Å²) in [5.74, 6) is 1.66. The van der Waals surface area contributed by atoms with Crippen LogP contribution in [0.1, 0.15) is 50.9 Å². The Labute approximate surface area is 171 Å². The highest BCUT2D eigenvalue weighted by molar-refractivity contribution is 7.92. The summed E-state index contributed by atoms with van der Waals surface area (Å²) >= 11 is 0. The summed E-state index contributed by atoms with van der Waals surface area (Å²) in [6.45, 7) is 8.06. The van der Waals surface area contributed by atoms with Crippen LogP contribution in [-0.2, 0) is 10.0 Å². The number of hydrogen-bond donors (Lipinski definition) is 1. The molecule has 7 nitrogen and oxygen atoms in total. The van der Waals surface area contributed by atoms with Gasteiger partial charge in [-0.15, -0.1) is 0 Å². The molecule has 1 aromatic heterocycles. The van der Waals surface area contributed by atoms with E-state index in [1.165, 1.54) is 19.2 Å². The van der Waals surface area contributed by atoms with Crippen molar-refractivity contribution < 1.29 is 17.7 Å². The first-order valence-electron chi connectivity index (χ1n) is 9.36. The van der Waals surface area contributed by atoms with E-state index in [2.05, 4.69) is 28.7 Å². The molecule has 3 aromatic rings. The second-order valence-electron chi connectivity index (χ2n) is 7.36. The van der Waals surface area contributed by atoms with Crippen molar-refractivity contribution in [1.29, 1.82) is 0 Å². The molecule has 0 unspecified atom stereocenters. The van der Waals surface area contributed by atoms with Gasteiger partial charge in [-0.2, -0.15) is 4.98 Å². The average Bonchev–Trinajstić information content (AvgIpc) is 3.18. The molecule has 0 fully saturated rings. The van der Waals surface area contributed by atoms with Gasteiger partial charge >= 0.3 is 0 Å². The van der Waals surface area contributed by atoms with Crippen LogP contribution in [0.2, 0.25) is 0 Å². The van der Waals surface area contributed by atoms with Crippen molar-refractivity contribution in [1.82, 2.24) is 10.1 Å². The summed E-state index contributed by atoms with van der Waals surface area (Å²) in [5, 5.41) is 3.94. The van der Waals surface area contributed by atoms with Crippen molar-refractivity contribution in [2.24, 2.45) is 0 Å². The van der Waals surface area contributed by atoms with Crippen LogP contribution in [0.4, 0.5) is 5.69 Å².